The summed E-state index contributed by atoms with van der Waals surface area (Å²) in [6.45, 7) is 3.69. The van der Waals surface area contributed by atoms with Crippen molar-refractivity contribution in [1.29, 1.82) is 0 Å². The minimum atomic E-state index is -0.964. The lowest BCUT2D eigenvalue weighted by atomic mass is 10.2. The van der Waals surface area contributed by atoms with Crippen LogP contribution in [-0.2, 0) is 0 Å². The molecule has 0 atom stereocenters. The van der Waals surface area contributed by atoms with Gasteiger partial charge in [0, 0.05) is 4.47 Å². The van der Waals surface area contributed by atoms with Crippen molar-refractivity contribution in [2.24, 2.45) is 0 Å². The maximum atomic E-state index is 10.9. The maximum absolute atomic E-state index is 10.9. The van der Waals surface area contributed by atoms with Crippen molar-refractivity contribution in [1.82, 2.24) is 9.78 Å². The van der Waals surface area contributed by atoms with Gasteiger partial charge in [-0.25, -0.2) is 9.48 Å². The molecule has 0 unspecified atom stereocenters. The number of nitrogens with zero attached hydrogens (tertiary/aromatic N) is 2. The summed E-state index contributed by atoms with van der Waals surface area (Å²) in [6, 6.07) is 4.78. The second kappa shape index (κ2) is 4.74. The molecule has 2 rings (SSSR count). The number of carboxylic acid groups (broad SMARTS) is 1. The summed E-state index contributed by atoms with van der Waals surface area (Å²) in [6.07, 6.45) is 0. The molecule has 0 fully saturated rings. The van der Waals surface area contributed by atoms with E-state index in [1.807, 2.05) is 13.8 Å². The number of hydrogen-bond donors (Lipinski definition) is 1. The first kappa shape index (κ1) is 13.1. The van der Waals surface area contributed by atoms with Crippen molar-refractivity contribution >= 4 is 33.5 Å². The van der Waals surface area contributed by atoms with Gasteiger partial charge < -0.3 is 5.11 Å². The molecular formula is C12H10BrClN2O2. The highest BCUT2D eigenvalue weighted by Crippen LogP contribution is 2.27. The predicted octanol–water partition coefficient (Wildman–Crippen LogP) is 3.60. The Morgan fingerprint density at radius 1 is 1.44 bits per heavy atom. The lowest BCUT2D eigenvalue weighted by Crippen LogP contribution is -2.02. The molecule has 1 aromatic carbocycles. The fourth-order valence-electron chi connectivity index (χ4n) is 1.67. The summed E-state index contributed by atoms with van der Waals surface area (Å²) in [7, 11) is 0. The van der Waals surface area contributed by atoms with E-state index in [0.717, 1.165) is 17.1 Å². The first-order valence-electron chi connectivity index (χ1n) is 5.16. The molecule has 2 aromatic rings. The monoisotopic (exact) mass is 328 g/mol. The van der Waals surface area contributed by atoms with Crippen molar-refractivity contribution in [3.63, 3.8) is 0 Å². The Balaban J connectivity index is 2.58. The van der Waals surface area contributed by atoms with Crippen molar-refractivity contribution in [2.45, 2.75) is 13.8 Å². The van der Waals surface area contributed by atoms with Gasteiger partial charge in [0.25, 0.3) is 0 Å². The summed E-state index contributed by atoms with van der Waals surface area (Å²) in [4.78, 5) is 10.9. The Labute approximate surface area is 117 Å². The number of aromatic nitrogens is 2. The van der Waals surface area contributed by atoms with Gasteiger partial charge >= 0.3 is 5.97 Å². The van der Waals surface area contributed by atoms with Crippen LogP contribution in [0.2, 0.25) is 5.02 Å². The minimum Gasteiger partial charge on any atom is -0.478 e. The second-order valence-electron chi connectivity index (χ2n) is 3.87. The molecule has 0 aliphatic rings. The second-order valence-corrected chi connectivity index (χ2v) is 5.10. The van der Waals surface area contributed by atoms with E-state index in [1.165, 1.54) is 6.07 Å². The molecule has 6 heteroatoms. The highest BCUT2D eigenvalue weighted by atomic mass is 79.9. The first-order chi connectivity index (χ1) is 8.41. The van der Waals surface area contributed by atoms with Crippen LogP contribution in [-0.4, -0.2) is 20.9 Å². The topological polar surface area (TPSA) is 55.1 Å². The molecular weight excluding hydrogens is 320 g/mol. The van der Waals surface area contributed by atoms with Crippen LogP contribution in [0.25, 0.3) is 5.69 Å². The zero-order chi connectivity index (χ0) is 13.4. The van der Waals surface area contributed by atoms with E-state index in [4.69, 9.17) is 16.7 Å². The third-order valence-electron chi connectivity index (χ3n) is 2.63. The molecule has 0 saturated heterocycles. The highest BCUT2D eigenvalue weighted by Gasteiger charge is 2.14. The number of aromatic carboxylic acids is 1. The van der Waals surface area contributed by atoms with Gasteiger partial charge in [-0.05, 0) is 48.0 Å². The van der Waals surface area contributed by atoms with E-state index in [9.17, 15) is 4.79 Å². The van der Waals surface area contributed by atoms with Crippen LogP contribution in [0.15, 0.2) is 22.7 Å². The van der Waals surface area contributed by atoms with E-state index in [0.29, 0.717) is 9.50 Å². The van der Waals surface area contributed by atoms with Gasteiger partial charge in [-0.1, -0.05) is 11.6 Å². The summed E-state index contributed by atoms with van der Waals surface area (Å²) >= 11 is 9.44. The smallest absolute Gasteiger partial charge is 0.335 e. The quantitative estimate of drug-likeness (QED) is 0.916. The van der Waals surface area contributed by atoms with Crippen LogP contribution in [0.5, 0.6) is 0 Å². The molecule has 94 valence electrons. The van der Waals surface area contributed by atoms with Gasteiger partial charge in [0.15, 0.2) is 0 Å². The van der Waals surface area contributed by atoms with Crippen molar-refractivity contribution in [3.8, 4) is 5.69 Å². The number of benzene rings is 1. The van der Waals surface area contributed by atoms with E-state index >= 15 is 0 Å². The van der Waals surface area contributed by atoms with Crippen LogP contribution in [0.1, 0.15) is 21.7 Å². The summed E-state index contributed by atoms with van der Waals surface area (Å²) < 4.78 is 2.34. The Hall–Kier alpha value is -1.33. The van der Waals surface area contributed by atoms with Gasteiger partial charge in [-0.3, -0.25) is 0 Å². The predicted molar refractivity (Wildman–Crippen MR) is 72.7 cm³/mol. The van der Waals surface area contributed by atoms with Crippen molar-refractivity contribution in [2.75, 3.05) is 0 Å². The molecule has 0 bridgehead atoms. The molecule has 0 aliphatic heterocycles. The van der Waals surface area contributed by atoms with E-state index < -0.39 is 5.97 Å². The van der Waals surface area contributed by atoms with Gasteiger partial charge in [0.2, 0.25) is 0 Å². The maximum Gasteiger partial charge on any atom is 0.335 e. The van der Waals surface area contributed by atoms with Crippen LogP contribution in [0, 0.1) is 13.8 Å². The zero-order valence-corrected chi connectivity index (χ0v) is 12.1. The third-order valence-corrected chi connectivity index (χ3v) is 3.81. The molecule has 1 heterocycles. The Morgan fingerprint density at radius 2 is 2.11 bits per heavy atom. The normalized spacial score (nSPS) is 10.7. The standard InChI is InChI=1S/C12H10BrClN2O2/c1-6-11(14)7(2)16(15-6)10-4-3-8(12(17)18)5-9(10)13/h3-5H,1-2H3,(H,17,18). The molecule has 0 amide bonds. The molecule has 0 saturated carbocycles. The summed E-state index contributed by atoms with van der Waals surface area (Å²) in [5, 5.41) is 13.8. The summed E-state index contributed by atoms with van der Waals surface area (Å²) in [5.74, 6) is -0.964. The van der Waals surface area contributed by atoms with Gasteiger partial charge in [-0.2, -0.15) is 5.10 Å². The number of carbonyl (C=O) groups is 1. The van der Waals surface area contributed by atoms with E-state index in [2.05, 4.69) is 21.0 Å². The molecule has 1 aromatic heterocycles. The number of hydrogen-bond acceptors (Lipinski definition) is 2. The molecule has 0 aliphatic carbocycles. The Bertz CT molecular complexity index is 637. The molecule has 4 nitrogen and oxygen atoms in total. The fraction of sp³-hybridized carbons (Fsp3) is 0.167. The van der Waals surface area contributed by atoms with Crippen LogP contribution in [0.4, 0.5) is 0 Å². The highest BCUT2D eigenvalue weighted by molar-refractivity contribution is 9.10. The summed E-state index contributed by atoms with van der Waals surface area (Å²) in [5.41, 5.74) is 2.53. The minimum absolute atomic E-state index is 0.221. The molecule has 1 N–H and O–H groups in total. The van der Waals surface area contributed by atoms with Crippen molar-refractivity contribution in [3.05, 3.63) is 44.6 Å². The fourth-order valence-corrected chi connectivity index (χ4v) is 2.33. The van der Waals surface area contributed by atoms with E-state index in [1.54, 1.807) is 16.8 Å². The lowest BCUT2D eigenvalue weighted by molar-refractivity contribution is 0.0697. The van der Waals surface area contributed by atoms with E-state index in [-0.39, 0.29) is 5.56 Å². The number of halogens is 2. The van der Waals surface area contributed by atoms with Crippen LogP contribution < -0.4 is 0 Å². The average Bonchev–Trinajstić information content (AvgIpc) is 2.57. The number of rotatable bonds is 2. The molecule has 0 radical (unpaired) electrons. The van der Waals surface area contributed by atoms with Gasteiger partial charge in [0.1, 0.15) is 0 Å². The Morgan fingerprint density at radius 3 is 2.56 bits per heavy atom. The van der Waals surface area contributed by atoms with Crippen LogP contribution in [0.3, 0.4) is 0 Å². The largest absolute Gasteiger partial charge is 0.478 e. The third kappa shape index (κ3) is 2.15. The average molecular weight is 330 g/mol. The van der Waals surface area contributed by atoms with Crippen molar-refractivity contribution < 1.29 is 9.90 Å². The lowest BCUT2D eigenvalue weighted by Gasteiger charge is -2.07. The van der Waals surface area contributed by atoms with Gasteiger partial charge in [0.05, 0.1) is 27.7 Å². The first-order valence-corrected chi connectivity index (χ1v) is 6.34. The SMILES string of the molecule is Cc1nn(-c2ccc(C(=O)O)cc2Br)c(C)c1Cl. The Kier molecular flexibility index (Phi) is 3.45. The van der Waals surface area contributed by atoms with Gasteiger partial charge in [-0.15, -0.1) is 0 Å². The molecule has 0 spiro atoms. The molecule has 18 heavy (non-hydrogen) atoms. The van der Waals surface area contributed by atoms with Crippen LogP contribution >= 0.6 is 27.5 Å². The zero-order valence-electron chi connectivity index (χ0n) is 9.74. The number of carboxylic acids is 1. The number of aryl methyl sites for hydroxylation is 1.